The van der Waals surface area contributed by atoms with Gasteiger partial charge in [-0.15, -0.1) is 0 Å². The zero-order chi connectivity index (χ0) is 76.5. The Labute approximate surface area is 638 Å². The molecule has 0 fully saturated rings. The third-order valence-corrected chi connectivity index (χ3v) is 22.1. The zero-order valence-electron chi connectivity index (χ0n) is 68.5. The van der Waals surface area contributed by atoms with Gasteiger partial charge in [-0.05, 0) is 43.4 Å². The standard InChI is InChI=1S/C85H166O17P2/c1-8-10-11-12-13-14-15-16-17-18-19-20-21-22-25-29-35-40-45-54-61-68-84(89)101-80(72-95-82(87)66-59-52-44-39-34-28-26-23-24-27-32-37-42-49-56-63-76(3)4)74-99-103(91,92)97-70-79(86)71-98-104(93,94)100-75-81(73-96-83(88)67-60-53-48-47-51-58-65-78(7)9-2)102-85(90)69-62-55-46-41-36-31-30-33-38-43-50-57-64-77(5)6/h76-81,86H,8-75H2,1-7H3,(H,91,92)(H,93,94)/t78?,79-,80-,81-/m1/s1. The van der Waals surface area contributed by atoms with Gasteiger partial charge < -0.3 is 33.8 Å². The minimum absolute atomic E-state index is 0.106. The molecule has 6 atom stereocenters. The molecule has 0 aliphatic heterocycles. The average Bonchev–Trinajstić information content (AvgIpc) is 0.908. The van der Waals surface area contributed by atoms with E-state index < -0.39 is 97.5 Å². The number of hydrogen-bond acceptors (Lipinski definition) is 15. The van der Waals surface area contributed by atoms with E-state index in [1.807, 2.05) is 0 Å². The first-order chi connectivity index (χ1) is 50.3. The van der Waals surface area contributed by atoms with Crippen molar-refractivity contribution in [3.63, 3.8) is 0 Å². The van der Waals surface area contributed by atoms with Crippen LogP contribution in [-0.2, 0) is 65.4 Å². The van der Waals surface area contributed by atoms with Gasteiger partial charge in [-0.2, -0.15) is 0 Å². The number of aliphatic hydroxyl groups excluding tert-OH is 1. The first-order valence-electron chi connectivity index (χ1n) is 43.9. The SMILES string of the molecule is CCCCCCCCCCCCCCCCCCCCCCCC(=O)O[C@H](COC(=O)CCCCCCCCCCCCCCCCCC(C)C)COP(=O)(O)OC[C@@H](O)COP(=O)(O)OC[C@@H](COC(=O)CCCCCCCCC(C)CC)OC(=O)CCCCCCCCCCCCCCC(C)C. The maximum Gasteiger partial charge on any atom is 0.472 e. The second kappa shape index (κ2) is 75.1. The Balaban J connectivity index is 5.23. The van der Waals surface area contributed by atoms with Crippen LogP contribution in [0.25, 0.3) is 0 Å². The molecule has 0 bridgehead atoms. The monoisotopic (exact) mass is 1520 g/mol. The number of aliphatic hydroxyl groups is 1. The summed E-state index contributed by atoms with van der Waals surface area (Å²) < 4.78 is 68.8. The van der Waals surface area contributed by atoms with Crippen molar-refractivity contribution in [1.82, 2.24) is 0 Å². The molecule has 0 aromatic carbocycles. The van der Waals surface area contributed by atoms with Crippen molar-refractivity contribution >= 4 is 39.5 Å². The Kier molecular flexibility index (Phi) is 73.7. The Hall–Kier alpha value is -1.94. The number of carbonyl (C=O) groups is 4. The highest BCUT2D eigenvalue weighted by Crippen LogP contribution is 2.45. The van der Waals surface area contributed by atoms with E-state index in [1.54, 1.807) is 0 Å². The largest absolute Gasteiger partial charge is 0.472 e. The second-order valence-electron chi connectivity index (χ2n) is 31.8. The van der Waals surface area contributed by atoms with Crippen LogP contribution in [0, 0.1) is 17.8 Å². The number of phosphoric acid groups is 2. The highest BCUT2D eigenvalue weighted by Gasteiger charge is 2.30. The minimum atomic E-state index is -4.97. The number of unbranched alkanes of at least 4 members (excludes halogenated alkanes) is 50. The van der Waals surface area contributed by atoms with Crippen LogP contribution < -0.4 is 0 Å². The topological polar surface area (TPSA) is 237 Å². The van der Waals surface area contributed by atoms with Gasteiger partial charge in [-0.1, -0.05) is 395 Å². The van der Waals surface area contributed by atoms with Crippen LogP contribution in [0.5, 0.6) is 0 Å². The minimum Gasteiger partial charge on any atom is -0.462 e. The molecule has 19 heteroatoms. The molecule has 0 rings (SSSR count). The fraction of sp³-hybridized carbons (Fsp3) is 0.953. The molecule has 0 aromatic rings. The van der Waals surface area contributed by atoms with Crippen molar-refractivity contribution in [3.05, 3.63) is 0 Å². The lowest BCUT2D eigenvalue weighted by Crippen LogP contribution is -2.30. The summed E-state index contributed by atoms with van der Waals surface area (Å²) in [5.41, 5.74) is 0. The summed E-state index contributed by atoms with van der Waals surface area (Å²) in [5, 5.41) is 10.7. The molecule has 618 valence electrons. The molecular weight excluding hydrogens is 1350 g/mol. The van der Waals surface area contributed by atoms with Gasteiger partial charge in [0.2, 0.25) is 0 Å². The van der Waals surface area contributed by atoms with E-state index in [0.29, 0.717) is 25.7 Å². The zero-order valence-corrected chi connectivity index (χ0v) is 70.3. The Morgan fingerprint density at radius 1 is 0.279 bits per heavy atom. The van der Waals surface area contributed by atoms with E-state index in [-0.39, 0.29) is 25.7 Å². The van der Waals surface area contributed by atoms with Crippen LogP contribution in [0.1, 0.15) is 447 Å². The molecule has 0 amide bonds. The Morgan fingerprint density at radius 3 is 0.731 bits per heavy atom. The second-order valence-corrected chi connectivity index (χ2v) is 34.7. The predicted molar refractivity (Wildman–Crippen MR) is 428 cm³/mol. The molecular formula is C85H166O17P2. The summed E-state index contributed by atoms with van der Waals surface area (Å²) in [5.74, 6) is 0.206. The average molecular weight is 1520 g/mol. The molecule has 0 saturated carbocycles. The van der Waals surface area contributed by atoms with Gasteiger partial charge >= 0.3 is 39.5 Å². The van der Waals surface area contributed by atoms with E-state index >= 15 is 0 Å². The lowest BCUT2D eigenvalue weighted by molar-refractivity contribution is -0.161. The molecule has 0 aliphatic rings. The predicted octanol–water partition coefficient (Wildman–Crippen LogP) is 25.7. The fourth-order valence-corrected chi connectivity index (χ4v) is 14.7. The summed E-state index contributed by atoms with van der Waals surface area (Å²) in [4.78, 5) is 73.2. The number of phosphoric ester groups is 2. The van der Waals surface area contributed by atoms with Gasteiger partial charge in [-0.25, -0.2) is 9.13 Å². The smallest absolute Gasteiger partial charge is 0.462 e. The summed E-state index contributed by atoms with van der Waals surface area (Å²) in [6.45, 7) is 12.0. The fourth-order valence-electron chi connectivity index (χ4n) is 13.2. The highest BCUT2D eigenvalue weighted by atomic mass is 31.2. The summed E-state index contributed by atoms with van der Waals surface area (Å²) in [6, 6.07) is 0. The van der Waals surface area contributed by atoms with Crippen molar-refractivity contribution in [2.45, 2.75) is 465 Å². The highest BCUT2D eigenvalue weighted by molar-refractivity contribution is 7.47. The summed E-state index contributed by atoms with van der Waals surface area (Å²) in [6.07, 6.45) is 65.4. The lowest BCUT2D eigenvalue weighted by atomic mass is 10.00. The first-order valence-corrected chi connectivity index (χ1v) is 46.9. The maximum absolute atomic E-state index is 13.1. The van der Waals surface area contributed by atoms with Crippen molar-refractivity contribution < 1.29 is 80.2 Å². The first kappa shape index (κ1) is 102. The van der Waals surface area contributed by atoms with E-state index in [0.717, 1.165) is 114 Å². The van der Waals surface area contributed by atoms with Crippen molar-refractivity contribution in [3.8, 4) is 0 Å². The molecule has 104 heavy (non-hydrogen) atoms. The van der Waals surface area contributed by atoms with Crippen LogP contribution in [-0.4, -0.2) is 96.7 Å². The van der Waals surface area contributed by atoms with Gasteiger partial charge in [0.05, 0.1) is 26.4 Å². The molecule has 3 N–H and O–H groups in total. The van der Waals surface area contributed by atoms with Gasteiger partial charge in [-0.3, -0.25) is 37.3 Å². The third kappa shape index (κ3) is 76.8. The van der Waals surface area contributed by atoms with Crippen molar-refractivity contribution in [1.29, 1.82) is 0 Å². The van der Waals surface area contributed by atoms with Crippen LogP contribution in [0.4, 0.5) is 0 Å². The third-order valence-electron chi connectivity index (χ3n) is 20.2. The number of carbonyl (C=O) groups excluding carboxylic acids is 4. The lowest BCUT2D eigenvalue weighted by Gasteiger charge is -2.21. The number of rotatable bonds is 83. The Morgan fingerprint density at radius 2 is 0.490 bits per heavy atom. The van der Waals surface area contributed by atoms with Gasteiger partial charge in [0.25, 0.3) is 0 Å². The van der Waals surface area contributed by atoms with E-state index in [2.05, 4.69) is 48.5 Å². The normalized spacial score (nSPS) is 14.2. The van der Waals surface area contributed by atoms with Crippen molar-refractivity contribution in [2.75, 3.05) is 39.6 Å². The molecule has 0 aromatic heterocycles. The number of hydrogen-bond donors (Lipinski definition) is 3. The van der Waals surface area contributed by atoms with Gasteiger partial charge in [0.1, 0.15) is 19.3 Å². The van der Waals surface area contributed by atoms with Crippen LogP contribution in [0.3, 0.4) is 0 Å². The molecule has 3 unspecified atom stereocenters. The van der Waals surface area contributed by atoms with Gasteiger partial charge in [0.15, 0.2) is 12.2 Å². The van der Waals surface area contributed by atoms with E-state index in [1.165, 1.54) is 250 Å². The molecule has 0 spiro atoms. The van der Waals surface area contributed by atoms with E-state index in [4.69, 9.17) is 37.0 Å². The molecule has 0 radical (unpaired) electrons. The van der Waals surface area contributed by atoms with Crippen LogP contribution >= 0.6 is 15.6 Å². The molecule has 0 heterocycles. The molecule has 0 saturated heterocycles. The number of ether oxygens (including phenoxy) is 4. The maximum atomic E-state index is 13.1. The van der Waals surface area contributed by atoms with Crippen LogP contribution in [0.15, 0.2) is 0 Å². The van der Waals surface area contributed by atoms with Gasteiger partial charge in [0, 0.05) is 25.7 Å². The summed E-state index contributed by atoms with van der Waals surface area (Å²) in [7, 11) is -9.93. The number of esters is 4. The van der Waals surface area contributed by atoms with Crippen molar-refractivity contribution in [2.24, 2.45) is 17.8 Å². The van der Waals surface area contributed by atoms with E-state index in [9.17, 15) is 43.2 Å². The molecule has 0 aliphatic carbocycles. The summed E-state index contributed by atoms with van der Waals surface area (Å²) >= 11 is 0. The van der Waals surface area contributed by atoms with Crippen LogP contribution in [0.2, 0.25) is 0 Å². The Bertz CT molecular complexity index is 2010. The quantitative estimate of drug-likeness (QED) is 0.0222. The molecule has 17 nitrogen and oxygen atoms in total.